The largest absolute Gasteiger partial charge is 0.386 e. The lowest BCUT2D eigenvalue weighted by atomic mass is 10.1. The van der Waals surface area contributed by atoms with Gasteiger partial charge in [0.05, 0.1) is 29.1 Å². The maximum absolute atomic E-state index is 10.2. The lowest BCUT2D eigenvalue weighted by Crippen LogP contribution is -2.13. The van der Waals surface area contributed by atoms with Gasteiger partial charge in [0.25, 0.3) is 0 Å². The van der Waals surface area contributed by atoms with Crippen molar-refractivity contribution in [1.29, 1.82) is 5.26 Å². The first-order valence-electron chi connectivity index (χ1n) is 6.97. The molecule has 3 aromatic rings. The van der Waals surface area contributed by atoms with Crippen LogP contribution in [0.5, 0.6) is 0 Å². The van der Waals surface area contributed by atoms with Gasteiger partial charge in [0.1, 0.15) is 6.07 Å². The minimum absolute atomic E-state index is 0.242. The Labute approximate surface area is 137 Å². The first kappa shape index (κ1) is 15.3. The minimum atomic E-state index is -0.738. The molecule has 3 rings (SSSR count). The molecule has 0 amide bonds. The second-order valence-electron chi connectivity index (χ2n) is 5.16. The number of aliphatic hydroxyl groups is 1. The molecule has 0 aliphatic rings. The van der Waals surface area contributed by atoms with Gasteiger partial charge in [-0.05, 0) is 18.2 Å². The van der Waals surface area contributed by atoms with Crippen molar-refractivity contribution in [3.8, 4) is 6.07 Å². The van der Waals surface area contributed by atoms with E-state index in [2.05, 4.69) is 21.5 Å². The Morgan fingerprint density at radius 1 is 1.43 bits per heavy atom. The molecule has 2 heterocycles. The maximum Gasteiger partial charge on any atom is 0.103 e. The van der Waals surface area contributed by atoms with Crippen molar-refractivity contribution in [2.45, 2.75) is 6.10 Å². The van der Waals surface area contributed by atoms with Crippen LogP contribution >= 0.6 is 11.6 Å². The van der Waals surface area contributed by atoms with Gasteiger partial charge in [-0.25, -0.2) is 0 Å². The van der Waals surface area contributed by atoms with Gasteiger partial charge < -0.3 is 10.4 Å². The number of rotatable bonds is 4. The van der Waals surface area contributed by atoms with Crippen molar-refractivity contribution in [2.24, 2.45) is 7.05 Å². The number of fused-ring (bicyclic) bond motifs is 1. The molecule has 2 aromatic heterocycles. The van der Waals surface area contributed by atoms with E-state index < -0.39 is 6.10 Å². The van der Waals surface area contributed by atoms with Gasteiger partial charge in [-0.1, -0.05) is 11.6 Å². The molecule has 0 bridgehead atoms. The first-order chi connectivity index (χ1) is 11.1. The van der Waals surface area contributed by atoms with Crippen LogP contribution in [0, 0.1) is 11.3 Å². The summed E-state index contributed by atoms with van der Waals surface area (Å²) in [6.07, 6.45) is 4.13. The minimum Gasteiger partial charge on any atom is -0.386 e. The topological polar surface area (TPSA) is 86.8 Å². The maximum atomic E-state index is 10.2. The van der Waals surface area contributed by atoms with Crippen LogP contribution < -0.4 is 5.32 Å². The second kappa shape index (κ2) is 6.24. The molecule has 7 heteroatoms. The summed E-state index contributed by atoms with van der Waals surface area (Å²) in [4.78, 5) is 4.25. The van der Waals surface area contributed by atoms with E-state index in [9.17, 15) is 10.4 Å². The molecule has 1 unspecified atom stereocenters. The fourth-order valence-electron chi connectivity index (χ4n) is 2.37. The van der Waals surface area contributed by atoms with Gasteiger partial charge in [0.2, 0.25) is 0 Å². The number of aliphatic hydroxyl groups excluding tert-OH is 1. The fourth-order valence-corrected chi connectivity index (χ4v) is 2.54. The molecule has 6 nitrogen and oxygen atoms in total. The third-order valence-corrected chi connectivity index (χ3v) is 3.77. The molecule has 1 aromatic carbocycles. The van der Waals surface area contributed by atoms with Crippen molar-refractivity contribution in [3.05, 3.63) is 52.9 Å². The van der Waals surface area contributed by atoms with Gasteiger partial charge in [-0.15, -0.1) is 0 Å². The third kappa shape index (κ3) is 3.11. The van der Waals surface area contributed by atoms with Crippen LogP contribution in [0.25, 0.3) is 10.9 Å². The van der Waals surface area contributed by atoms with Crippen LogP contribution in [0.3, 0.4) is 0 Å². The van der Waals surface area contributed by atoms with E-state index in [4.69, 9.17) is 11.6 Å². The van der Waals surface area contributed by atoms with E-state index in [-0.39, 0.29) is 6.54 Å². The van der Waals surface area contributed by atoms with Crippen LogP contribution in [0.15, 0.2) is 36.8 Å². The van der Waals surface area contributed by atoms with E-state index in [1.165, 1.54) is 6.20 Å². The van der Waals surface area contributed by atoms with Gasteiger partial charge >= 0.3 is 0 Å². The molecule has 0 aliphatic heterocycles. The van der Waals surface area contributed by atoms with E-state index in [0.29, 0.717) is 21.8 Å². The predicted octanol–water partition coefficient (Wildman–Crippen LogP) is 2.64. The van der Waals surface area contributed by atoms with Crippen molar-refractivity contribution in [1.82, 2.24) is 14.8 Å². The quantitative estimate of drug-likeness (QED) is 0.769. The van der Waals surface area contributed by atoms with Crippen LogP contribution in [0.1, 0.15) is 17.2 Å². The number of hydrogen-bond donors (Lipinski definition) is 2. The number of nitriles is 1. The molecular formula is C16H14ClN5O. The number of aryl methyl sites for hydroxylation is 1. The monoisotopic (exact) mass is 327 g/mol. The Hall–Kier alpha value is -2.62. The van der Waals surface area contributed by atoms with E-state index in [1.807, 2.05) is 0 Å². The molecule has 23 heavy (non-hydrogen) atoms. The first-order valence-corrected chi connectivity index (χ1v) is 7.35. The van der Waals surface area contributed by atoms with E-state index in [0.717, 1.165) is 10.9 Å². The van der Waals surface area contributed by atoms with Crippen LogP contribution in [-0.2, 0) is 7.05 Å². The number of hydrogen-bond acceptors (Lipinski definition) is 5. The molecule has 0 aliphatic carbocycles. The highest BCUT2D eigenvalue weighted by Gasteiger charge is 2.13. The summed E-state index contributed by atoms with van der Waals surface area (Å²) in [6, 6.07) is 7.40. The summed E-state index contributed by atoms with van der Waals surface area (Å²) in [5, 5.41) is 28.0. The Bertz CT molecular complexity index is 899. The summed E-state index contributed by atoms with van der Waals surface area (Å²) < 4.78 is 1.63. The summed E-state index contributed by atoms with van der Waals surface area (Å²) in [6.45, 7) is 0.242. The third-order valence-electron chi connectivity index (χ3n) is 3.53. The Morgan fingerprint density at radius 2 is 2.26 bits per heavy atom. The molecule has 0 saturated heterocycles. The number of benzene rings is 1. The molecule has 0 fully saturated rings. The van der Waals surface area contributed by atoms with Crippen LogP contribution in [0.4, 0.5) is 5.69 Å². The van der Waals surface area contributed by atoms with E-state index >= 15 is 0 Å². The van der Waals surface area contributed by atoms with Crippen molar-refractivity contribution >= 4 is 28.2 Å². The standard InChI is InChI=1S/C16H14ClN5O/c1-22-9-11(7-21-22)15(23)8-20-16-10(5-18)6-19-14-3-2-12(17)4-13(14)16/h2-4,6-7,9,15,23H,8H2,1H3,(H,19,20). The highest BCUT2D eigenvalue weighted by molar-refractivity contribution is 6.31. The normalized spacial score (nSPS) is 12.1. The van der Waals surface area contributed by atoms with Crippen LogP contribution in [-0.4, -0.2) is 26.4 Å². The Morgan fingerprint density at radius 3 is 2.96 bits per heavy atom. The van der Waals surface area contributed by atoms with Crippen molar-refractivity contribution in [3.63, 3.8) is 0 Å². The van der Waals surface area contributed by atoms with Crippen LogP contribution in [0.2, 0.25) is 5.02 Å². The zero-order valence-electron chi connectivity index (χ0n) is 12.4. The average Bonchev–Trinajstić information content (AvgIpc) is 2.98. The highest BCUT2D eigenvalue weighted by atomic mass is 35.5. The van der Waals surface area contributed by atoms with Gasteiger partial charge in [-0.2, -0.15) is 10.4 Å². The molecule has 1 atom stereocenters. The Kier molecular flexibility index (Phi) is 4.15. The molecule has 0 saturated carbocycles. The summed E-state index contributed by atoms with van der Waals surface area (Å²) in [5.74, 6) is 0. The van der Waals surface area contributed by atoms with Gasteiger partial charge in [-0.3, -0.25) is 9.67 Å². The number of nitrogens with zero attached hydrogens (tertiary/aromatic N) is 4. The lowest BCUT2D eigenvalue weighted by Gasteiger charge is -2.14. The predicted molar refractivity (Wildman–Crippen MR) is 88.1 cm³/mol. The number of pyridine rings is 1. The SMILES string of the molecule is Cn1cc(C(O)CNc2c(C#N)cnc3ccc(Cl)cc23)cn1. The Balaban J connectivity index is 1.92. The van der Waals surface area contributed by atoms with Gasteiger partial charge in [0, 0.05) is 42.0 Å². The zero-order chi connectivity index (χ0) is 16.4. The second-order valence-corrected chi connectivity index (χ2v) is 5.60. The van der Waals surface area contributed by atoms with Crippen molar-refractivity contribution < 1.29 is 5.11 Å². The number of anilines is 1. The zero-order valence-corrected chi connectivity index (χ0v) is 13.1. The number of aromatic nitrogens is 3. The summed E-state index contributed by atoms with van der Waals surface area (Å²) >= 11 is 6.05. The molecule has 0 radical (unpaired) electrons. The molecule has 0 spiro atoms. The highest BCUT2D eigenvalue weighted by Crippen LogP contribution is 2.28. The summed E-state index contributed by atoms with van der Waals surface area (Å²) in [5.41, 5.74) is 2.45. The molecule has 2 N–H and O–H groups in total. The smallest absolute Gasteiger partial charge is 0.103 e. The average molecular weight is 328 g/mol. The lowest BCUT2D eigenvalue weighted by molar-refractivity contribution is 0.191. The van der Waals surface area contributed by atoms with Gasteiger partial charge in [0.15, 0.2) is 0 Å². The van der Waals surface area contributed by atoms with E-state index in [1.54, 1.807) is 42.3 Å². The fraction of sp³-hybridized carbons (Fsp3) is 0.188. The molecule has 116 valence electrons. The summed E-state index contributed by atoms with van der Waals surface area (Å²) in [7, 11) is 1.79. The van der Waals surface area contributed by atoms with Crippen molar-refractivity contribution in [2.75, 3.05) is 11.9 Å². The number of nitrogens with one attached hydrogen (secondary N) is 1. The molecular weight excluding hydrogens is 314 g/mol. The number of halogens is 1.